The van der Waals surface area contributed by atoms with E-state index >= 15 is 0 Å². The van der Waals surface area contributed by atoms with Crippen LogP contribution in [0.4, 0.5) is 4.79 Å². The van der Waals surface area contributed by atoms with Gasteiger partial charge in [-0.25, -0.2) is 23.2 Å². The maximum Gasteiger partial charge on any atom is 0.318 e. The quantitative estimate of drug-likeness (QED) is 0.225. The number of pyridine rings is 1. The van der Waals surface area contributed by atoms with Crippen molar-refractivity contribution in [1.82, 2.24) is 35.1 Å². The second-order valence-electron chi connectivity index (χ2n) is 19.0. The van der Waals surface area contributed by atoms with E-state index in [2.05, 4.69) is 34.6 Å². The number of nitrogens with one attached hydrogen (secondary N) is 3. The number of hydrogen-bond acceptors (Lipinski definition) is 11. The Bertz CT molecular complexity index is 2430. The summed E-state index contributed by atoms with van der Waals surface area (Å²) in [7, 11) is -2.29. The third-order valence-electron chi connectivity index (χ3n) is 13.5. The number of sulfonamides is 1. The predicted octanol–water partition coefficient (Wildman–Crippen LogP) is 5.71. The van der Waals surface area contributed by atoms with Crippen molar-refractivity contribution >= 4 is 56.0 Å². The number of rotatable bonds is 9. The number of likely N-dealkylation sites (tertiary alicyclic amines) is 1. The highest BCUT2D eigenvalue weighted by Gasteiger charge is 2.62. The van der Waals surface area contributed by atoms with E-state index in [0.717, 1.165) is 53.8 Å². The first-order valence-corrected chi connectivity index (χ1v) is 24.6. The monoisotopic (exact) mass is 887 g/mol. The van der Waals surface area contributed by atoms with Crippen LogP contribution in [0.1, 0.15) is 108 Å². The van der Waals surface area contributed by atoms with E-state index < -0.39 is 62.6 Å². The molecule has 6 aliphatic rings. The number of nitrogens with zero attached hydrogens (tertiary/aromatic N) is 4. The third kappa shape index (κ3) is 8.62. The number of allylic oxidation sites excluding steroid dienone is 1. The fraction of sp³-hybridized carbons (Fsp3) is 0.600. The molecule has 2 aromatic heterocycles. The average Bonchev–Trinajstić information content (AvgIpc) is 4.20. The highest BCUT2D eigenvalue weighted by molar-refractivity contribution is 7.91. The molecule has 3 N–H and O–H groups in total. The SMILES string of the molecule is COc1ccc2c(O[C@@H]3C[C@H]4C(=O)N[C@]5(C(=O)NS(=O)(=O)C6CC6)C[C@H]5/C=C\CCCCC[C@H](NC(=O)N5CCC(C)(C)C5)C(=O)N4C3)cc(-c3nc(C4CC4)cs3)nc2c1C. The summed E-state index contributed by atoms with van der Waals surface area (Å²) >= 11 is 1.53. The molecule has 0 spiro atoms. The van der Waals surface area contributed by atoms with E-state index in [1.54, 1.807) is 12.0 Å². The number of amides is 5. The molecule has 17 heteroatoms. The second kappa shape index (κ2) is 16.4. The predicted molar refractivity (Wildman–Crippen MR) is 234 cm³/mol. The van der Waals surface area contributed by atoms with E-state index in [4.69, 9.17) is 19.4 Å². The first-order chi connectivity index (χ1) is 29.6. The Morgan fingerprint density at radius 1 is 1.03 bits per heavy atom. The molecule has 0 bridgehead atoms. The van der Waals surface area contributed by atoms with Gasteiger partial charge in [0, 0.05) is 53.7 Å². The summed E-state index contributed by atoms with van der Waals surface area (Å²) in [5.74, 6) is -0.542. The lowest BCUT2D eigenvalue weighted by atomic mass is 9.93. The topological polar surface area (TPSA) is 189 Å². The van der Waals surface area contributed by atoms with Gasteiger partial charge in [-0.05, 0) is 82.3 Å². The van der Waals surface area contributed by atoms with Crippen LogP contribution in [0.3, 0.4) is 0 Å². The van der Waals surface area contributed by atoms with E-state index in [1.807, 2.05) is 37.3 Å². The van der Waals surface area contributed by atoms with Crippen molar-refractivity contribution in [1.29, 1.82) is 0 Å². The number of benzene rings is 1. The number of urea groups is 1. The zero-order valence-electron chi connectivity index (χ0n) is 35.9. The molecule has 9 rings (SSSR count). The van der Waals surface area contributed by atoms with Crippen molar-refractivity contribution in [3.63, 3.8) is 0 Å². The second-order valence-corrected chi connectivity index (χ2v) is 21.8. The number of methoxy groups -OCH3 is 1. The number of fused-ring (bicyclic) bond motifs is 3. The lowest BCUT2D eigenvalue weighted by Gasteiger charge is -2.31. The van der Waals surface area contributed by atoms with Gasteiger partial charge in [-0.1, -0.05) is 38.8 Å². The van der Waals surface area contributed by atoms with Gasteiger partial charge in [0.25, 0.3) is 5.91 Å². The summed E-state index contributed by atoms with van der Waals surface area (Å²) in [5, 5.41) is 8.95. The first-order valence-electron chi connectivity index (χ1n) is 22.2. The molecule has 15 nitrogen and oxygen atoms in total. The zero-order chi connectivity index (χ0) is 43.6. The van der Waals surface area contributed by atoms with Crippen molar-refractivity contribution in [2.24, 2.45) is 11.3 Å². The molecule has 1 aromatic carbocycles. The Hall–Kier alpha value is -4.77. The van der Waals surface area contributed by atoms with Gasteiger partial charge >= 0.3 is 6.03 Å². The first kappa shape index (κ1) is 42.5. The van der Waals surface area contributed by atoms with Crippen LogP contribution >= 0.6 is 11.3 Å². The summed E-state index contributed by atoms with van der Waals surface area (Å²) in [5.41, 5.74) is 1.65. The molecule has 5 amide bonds. The van der Waals surface area contributed by atoms with Crippen LogP contribution in [-0.4, -0.2) is 108 Å². The van der Waals surface area contributed by atoms with Crippen LogP contribution in [0, 0.1) is 18.3 Å². The summed E-state index contributed by atoms with van der Waals surface area (Å²) in [6, 6.07) is 3.30. The molecular formula is C45H57N7O8S2. The Morgan fingerprint density at radius 2 is 1.84 bits per heavy atom. The van der Waals surface area contributed by atoms with E-state index in [-0.39, 0.29) is 30.8 Å². The number of thiazole rings is 1. The van der Waals surface area contributed by atoms with Crippen LogP contribution in [0.25, 0.3) is 21.6 Å². The van der Waals surface area contributed by atoms with Crippen molar-refractivity contribution < 1.29 is 37.1 Å². The number of carbonyl (C=O) groups excluding carboxylic acids is 4. The Labute approximate surface area is 366 Å². The molecule has 2 saturated heterocycles. The maximum absolute atomic E-state index is 14.9. The molecule has 62 heavy (non-hydrogen) atoms. The van der Waals surface area contributed by atoms with Crippen LogP contribution in [-0.2, 0) is 24.4 Å². The van der Waals surface area contributed by atoms with Gasteiger partial charge in [-0.3, -0.25) is 19.1 Å². The highest BCUT2D eigenvalue weighted by atomic mass is 32.2. The number of ether oxygens (including phenoxy) is 2. The molecule has 0 radical (unpaired) electrons. The molecule has 3 saturated carbocycles. The molecule has 332 valence electrons. The van der Waals surface area contributed by atoms with Crippen molar-refractivity contribution in [2.75, 3.05) is 26.7 Å². The third-order valence-corrected chi connectivity index (χ3v) is 16.2. The number of carbonyl (C=O) groups is 4. The minimum Gasteiger partial charge on any atom is -0.496 e. The van der Waals surface area contributed by atoms with E-state index in [0.29, 0.717) is 73.8 Å². The van der Waals surface area contributed by atoms with Gasteiger partial charge in [-0.2, -0.15) is 0 Å². The normalized spacial score (nSPS) is 28.3. The maximum atomic E-state index is 14.9. The van der Waals surface area contributed by atoms with Crippen molar-refractivity contribution in [2.45, 2.75) is 133 Å². The van der Waals surface area contributed by atoms with Crippen LogP contribution < -0.4 is 24.8 Å². The van der Waals surface area contributed by atoms with E-state index in [1.165, 1.54) is 16.2 Å². The summed E-state index contributed by atoms with van der Waals surface area (Å²) in [6.07, 6.45) is 10.9. The number of hydrogen-bond donors (Lipinski definition) is 3. The van der Waals surface area contributed by atoms with Gasteiger partial charge in [0.05, 0.1) is 30.1 Å². The molecule has 3 aromatic rings. The zero-order valence-corrected chi connectivity index (χ0v) is 37.5. The minimum atomic E-state index is -3.90. The molecule has 5 atom stereocenters. The highest BCUT2D eigenvalue weighted by Crippen LogP contribution is 2.47. The molecule has 3 aliphatic carbocycles. The van der Waals surface area contributed by atoms with Gasteiger partial charge in [0.2, 0.25) is 21.8 Å². The lowest BCUT2D eigenvalue weighted by Crippen LogP contribution is -2.58. The smallest absolute Gasteiger partial charge is 0.318 e. The molecular weight excluding hydrogens is 831 g/mol. The molecule has 5 heterocycles. The van der Waals surface area contributed by atoms with Crippen LogP contribution in [0.2, 0.25) is 0 Å². The Kier molecular flexibility index (Phi) is 11.3. The number of aromatic nitrogens is 2. The molecule has 0 unspecified atom stereocenters. The summed E-state index contributed by atoms with van der Waals surface area (Å²) < 4.78 is 40.8. The van der Waals surface area contributed by atoms with Crippen molar-refractivity contribution in [3.8, 4) is 22.2 Å². The summed E-state index contributed by atoms with van der Waals surface area (Å²) in [4.78, 5) is 70.6. The fourth-order valence-electron chi connectivity index (χ4n) is 9.33. The number of aryl methyl sites for hydroxylation is 1. The van der Waals surface area contributed by atoms with Crippen LogP contribution in [0.5, 0.6) is 11.5 Å². The largest absolute Gasteiger partial charge is 0.496 e. The van der Waals surface area contributed by atoms with Crippen LogP contribution in [0.15, 0.2) is 35.7 Å². The lowest BCUT2D eigenvalue weighted by molar-refractivity contribution is -0.141. The fourth-order valence-corrected chi connectivity index (χ4v) is 11.6. The average molecular weight is 888 g/mol. The van der Waals surface area contributed by atoms with Gasteiger partial charge in [0.15, 0.2) is 0 Å². The standard InChI is InChI=1S/C45H57N7O8S2/c1-26-36(59-4)17-16-31-37(21-33(46-38(26)31)40-47-34(24-61-40)27-12-13-27)60-29-20-35-39(53)49-45(42(55)50-62(57,58)30-14-15-30)22-28(45)10-8-6-5-7-9-11-32(41(54)52(35)23-29)48-43(56)51-19-18-44(2,3)25-51/h8,10,16-17,21,24,27-30,32,35H,5-7,9,11-15,18-20,22-23,25H2,1-4H3,(H,48,56)(H,49,53)(H,50,55)/b10-8-/t28-,29-,32+,35+,45-/m1/s1. The Balaban J connectivity index is 1.05. The van der Waals surface area contributed by atoms with Crippen molar-refractivity contribution in [3.05, 3.63) is 47.0 Å². The molecule has 3 aliphatic heterocycles. The van der Waals surface area contributed by atoms with E-state index in [9.17, 15) is 27.6 Å². The van der Waals surface area contributed by atoms with Gasteiger partial charge < -0.3 is 29.9 Å². The minimum absolute atomic E-state index is 0.0238. The van der Waals surface area contributed by atoms with Gasteiger partial charge in [-0.15, -0.1) is 11.3 Å². The summed E-state index contributed by atoms with van der Waals surface area (Å²) in [6.45, 7) is 7.34. The Morgan fingerprint density at radius 3 is 2.56 bits per heavy atom. The van der Waals surface area contributed by atoms with Gasteiger partial charge in [0.1, 0.15) is 45.9 Å². The molecule has 5 fully saturated rings.